The van der Waals surface area contributed by atoms with Gasteiger partial charge >= 0.3 is 5.97 Å². The number of carbonyl (C=O) groups is 2. The molecule has 8 heteroatoms. The summed E-state index contributed by atoms with van der Waals surface area (Å²) in [5.41, 5.74) is 0.978. The van der Waals surface area contributed by atoms with Crippen LogP contribution in [0.3, 0.4) is 0 Å². The lowest BCUT2D eigenvalue weighted by molar-refractivity contribution is -0.144. The Morgan fingerprint density at radius 2 is 2.10 bits per heavy atom. The number of benzene rings is 1. The van der Waals surface area contributed by atoms with E-state index in [9.17, 15) is 18.4 Å². The highest BCUT2D eigenvalue weighted by molar-refractivity contribution is 6.04. The molecule has 0 spiro atoms. The third-order valence-corrected chi connectivity index (χ3v) is 2.74. The Hall–Kier alpha value is -2.51. The largest absolute Gasteiger partial charge is 0.481 e. The molecular weight excluding hydrogens is 272 g/mol. The molecular formula is C12H11F2N3O3. The Morgan fingerprint density at radius 3 is 2.70 bits per heavy atom. The fraction of sp³-hybridized carbons (Fsp3) is 0.250. The summed E-state index contributed by atoms with van der Waals surface area (Å²) in [6, 6.07) is 4.34. The zero-order chi connectivity index (χ0) is 14.9. The second kappa shape index (κ2) is 5.24. The number of carboxylic acid groups (broad SMARTS) is 1. The maximum absolute atomic E-state index is 12.5. The molecule has 20 heavy (non-hydrogen) atoms. The summed E-state index contributed by atoms with van der Waals surface area (Å²) >= 11 is 0. The number of anilines is 1. The van der Waals surface area contributed by atoms with Crippen LogP contribution >= 0.6 is 0 Å². The first-order chi connectivity index (χ1) is 9.38. The third kappa shape index (κ3) is 2.73. The predicted molar refractivity (Wildman–Crippen MR) is 66.5 cm³/mol. The van der Waals surface area contributed by atoms with Crippen LogP contribution in [0.2, 0.25) is 0 Å². The van der Waals surface area contributed by atoms with Crippen molar-refractivity contribution in [2.45, 2.75) is 13.3 Å². The van der Waals surface area contributed by atoms with Crippen molar-refractivity contribution in [2.24, 2.45) is 5.92 Å². The summed E-state index contributed by atoms with van der Waals surface area (Å²) in [5.74, 6) is -3.60. The standard InChI is InChI=1S/C12H11F2N3O3/c1-5(12(19)20)11(18)15-6-2-3-7-8(4-6)17-10(16-7)9(13)14/h2-5,9H,1H3,(H,15,18)(H,16,17)(H,19,20). The van der Waals surface area contributed by atoms with E-state index in [1.807, 2.05) is 0 Å². The lowest BCUT2D eigenvalue weighted by Gasteiger charge is -2.07. The molecule has 2 rings (SSSR count). The molecule has 3 N–H and O–H groups in total. The average molecular weight is 283 g/mol. The van der Waals surface area contributed by atoms with Gasteiger partial charge in [-0.25, -0.2) is 13.8 Å². The molecule has 1 unspecified atom stereocenters. The van der Waals surface area contributed by atoms with Crippen LogP contribution < -0.4 is 5.32 Å². The van der Waals surface area contributed by atoms with Gasteiger partial charge in [-0.05, 0) is 25.1 Å². The highest BCUT2D eigenvalue weighted by Gasteiger charge is 2.20. The normalized spacial score (nSPS) is 12.6. The monoisotopic (exact) mass is 283 g/mol. The van der Waals surface area contributed by atoms with Crippen molar-refractivity contribution in [1.29, 1.82) is 0 Å². The van der Waals surface area contributed by atoms with Gasteiger partial charge in [0.1, 0.15) is 5.92 Å². The molecule has 1 aromatic heterocycles. The van der Waals surface area contributed by atoms with E-state index in [0.29, 0.717) is 16.7 Å². The van der Waals surface area contributed by atoms with Gasteiger partial charge in [-0.1, -0.05) is 0 Å². The third-order valence-electron chi connectivity index (χ3n) is 2.74. The van der Waals surface area contributed by atoms with E-state index >= 15 is 0 Å². The first kappa shape index (κ1) is 13.9. The van der Waals surface area contributed by atoms with Gasteiger partial charge < -0.3 is 15.4 Å². The van der Waals surface area contributed by atoms with Crippen LogP contribution in [-0.2, 0) is 9.59 Å². The number of aliphatic carboxylic acids is 1. The maximum atomic E-state index is 12.5. The molecule has 0 aliphatic rings. The molecule has 0 radical (unpaired) electrons. The molecule has 0 fully saturated rings. The van der Waals surface area contributed by atoms with Gasteiger partial charge in [0.05, 0.1) is 11.0 Å². The van der Waals surface area contributed by atoms with E-state index in [-0.39, 0.29) is 0 Å². The number of hydrogen-bond donors (Lipinski definition) is 3. The van der Waals surface area contributed by atoms with Crippen molar-refractivity contribution in [3.63, 3.8) is 0 Å². The van der Waals surface area contributed by atoms with E-state index in [2.05, 4.69) is 15.3 Å². The van der Waals surface area contributed by atoms with E-state index < -0.39 is 30.0 Å². The van der Waals surface area contributed by atoms with Gasteiger partial charge in [0, 0.05) is 5.69 Å². The Labute approximate surface area is 111 Å². The Bertz CT molecular complexity index is 669. The molecule has 2 aromatic rings. The second-order valence-corrected chi connectivity index (χ2v) is 4.20. The minimum atomic E-state index is -2.72. The van der Waals surface area contributed by atoms with E-state index in [1.165, 1.54) is 25.1 Å². The number of nitrogens with zero attached hydrogens (tertiary/aromatic N) is 1. The topological polar surface area (TPSA) is 95.1 Å². The van der Waals surface area contributed by atoms with Gasteiger partial charge in [-0.3, -0.25) is 9.59 Å². The smallest absolute Gasteiger partial charge is 0.315 e. The molecule has 1 heterocycles. The van der Waals surface area contributed by atoms with Crippen LogP contribution in [-0.4, -0.2) is 27.0 Å². The highest BCUT2D eigenvalue weighted by Crippen LogP contribution is 2.22. The molecule has 1 aromatic carbocycles. The maximum Gasteiger partial charge on any atom is 0.315 e. The second-order valence-electron chi connectivity index (χ2n) is 4.20. The zero-order valence-electron chi connectivity index (χ0n) is 10.4. The number of H-pyrrole nitrogens is 1. The molecule has 0 aliphatic carbocycles. The first-order valence-electron chi connectivity index (χ1n) is 5.70. The number of amides is 1. The van der Waals surface area contributed by atoms with Crippen molar-refractivity contribution in [2.75, 3.05) is 5.32 Å². The molecule has 6 nitrogen and oxygen atoms in total. The Morgan fingerprint density at radius 1 is 1.40 bits per heavy atom. The molecule has 0 bridgehead atoms. The number of alkyl halides is 2. The molecule has 106 valence electrons. The molecule has 0 aliphatic heterocycles. The van der Waals surface area contributed by atoms with Crippen molar-refractivity contribution in [3.05, 3.63) is 24.0 Å². The van der Waals surface area contributed by atoms with Gasteiger partial charge in [0.25, 0.3) is 6.43 Å². The van der Waals surface area contributed by atoms with Gasteiger partial charge in [-0.2, -0.15) is 0 Å². The fourth-order valence-corrected chi connectivity index (χ4v) is 1.57. The number of fused-ring (bicyclic) bond motifs is 1. The molecule has 0 saturated carbocycles. The van der Waals surface area contributed by atoms with E-state index in [0.717, 1.165) is 0 Å². The summed E-state index contributed by atoms with van der Waals surface area (Å²) in [7, 11) is 0. The first-order valence-corrected chi connectivity index (χ1v) is 5.70. The molecule has 1 amide bonds. The molecule has 0 saturated heterocycles. The number of nitrogens with one attached hydrogen (secondary N) is 2. The number of halogens is 2. The summed E-state index contributed by atoms with van der Waals surface area (Å²) in [5, 5.41) is 11.1. The average Bonchev–Trinajstić information content (AvgIpc) is 2.80. The van der Waals surface area contributed by atoms with Crippen LogP contribution in [0.25, 0.3) is 11.0 Å². The van der Waals surface area contributed by atoms with Gasteiger partial charge in [-0.15, -0.1) is 0 Å². The van der Waals surface area contributed by atoms with Gasteiger partial charge in [0.2, 0.25) is 5.91 Å². The fourth-order valence-electron chi connectivity index (χ4n) is 1.57. The number of carboxylic acids is 1. The number of rotatable bonds is 4. The minimum Gasteiger partial charge on any atom is -0.481 e. The predicted octanol–water partition coefficient (Wildman–Crippen LogP) is 2.16. The number of aromatic nitrogens is 2. The van der Waals surface area contributed by atoms with Crippen LogP contribution in [0.5, 0.6) is 0 Å². The summed E-state index contributed by atoms with van der Waals surface area (Å²) in [6.07, 6.45) is -2.72. The lowest BCUT2D eigenvalue weighted by Crippen LogP contribution is -2.26. The van der Waals surface area contributed by atoms with Crippen molar-refractivity contribution in [3.8, 4) is 0 Å². The SMILES string of the molecule is CC(C(=O)O)C(=O)Nc1ccc2nc(C(F)F)[nH]c2c1. The highest BCUT2D eigenvalue weighted by atomic mass is 19.3. The summed E-state index contributed by atoms with van der Waals surface area (Å²) in [4.78, 5) is 28.3. The van der Waals surface area contributed by atoms with E-state index in [4.69, 9.17) is 5.11 Å². The van der Waals surface area contributed by atoms with Crippen molar-refractivity contribution in [1.82, 2.24) is 9.97 Å². The lowest BCUT2D eigenvalue weighted by atomic mass is 10.1. The summed E-state index contributed by atoms with van der Waals surface area (Å²) in [6.45, 7) is 1.25. The van der Waals surface area contributed by atoms with Gasteiger partial charge in [0.15, 0.2) is 5.82 Å². The Kier molecular flexibility index (Phi) is 3.64. The number of aromatic amines is 1. The van der Waals surface area contributed by atoms with Crippen molar-refractivity contribution >= 4 is 28.6 Å². The quantitative estimate of drug-likeness (QED) is 0.749. The van der Waals surface area contributed by atoms with Crippen LogP contribution in [0.4, 0.5) is 14.5 Å². The number of carbonyl (C=O) groups excluding carboxylic acids is 1. The van der Waals surface area contributed by atoms with Crippen molar-refractivity contribution < 1.29 is 23.5 Å². The Balaban J connectivity index is 2.23. The minimum absolute atomic E-state index is 0.306. The van der Waals surface area contributed by atoms with E-state index in [1.54, 1.807) is 0 Å². The summed E-state index contributed by atoms with van der Waals surface area (Å²) < 4.78 is 25.0. The van der Waals surface area contributed by atoms with Crippen LogP contribution in [0.1, 0.15) is 19.2 Å². The number of hydrogen-bond acceptors (Lipinski definition) is 3. The molecule has 1 atom stereocenters. The van der Waals surface area contributed by atoms with Crippen LogP contribution in [0.15, 0.2) is 18.2 Å². The zero-order valence-corrected chi connectivity index (χ0v) is 10.4. The number of imidazole rings is 1. The van der Waals surface area contributed by atoms with Crippen LogP contribution in [0, 0.1) is 5.92 Å².